The third kappa shape index (κ3) is 1.92. The highest BCUT2D eigenvalue weighted by molar-refractivity contribution is 4.85. The number of fused-ring (bicyclic) bond motifs is 1. The van der Waals surface area contributed by atoms with Crippen LogP contribution in [0.5, 0.6) is 0 Å². The summed E-state index contributed by atoms with van der Waals surface area (Å²) >= 11 is 0. The summed E-state index contributed by atoms with van der Waals surface area (Å²) in [6.45, 7) is 4.97. The highest BCUT2D eigenvalue weighted by atomic mass is 14.4. The van der Waals surface area contributed by atoms with Crippen molar-refractivity contribution in [3.8, 4) is 0 Å². The van der Waals surface area contributed by atoms with Gasteiger partial charge in [-0.25, -0.2) is 0 Å². The van der Waals surface area contributed by atoms with E-state index in [9.17, 15) is 0 Å². The van der Waals surface area contributed by atoms with E-state index in [2.05, 4.69) is 13.8 Å². The Morgan fingerprint density at radius 3 is 2.38 bits per heavy atom. The van der Waals surface area contributed by atoms with Crippen LogP contribution in [0.15, 0.2) is 0 Å². The summed E-state index contributed by atoms with van der Waals surface area (Å²) in [7, 11) is 0. The molecule has 76 valence electrons. The van der Waals surface area contributed by atoms with Gasteiger partial charge in [-0.3, -0.25) is 0 Å². The highest BCUT2D eigenvalue weighted by Gasteiger charge is 2.34. The SMILES string of the molecule is CC1CCC2CCCCCC2C1C. The van der Waals surface area contributed by atoms with Crippen LogP contribution in [0.4, 0.5) is 0 Å². The van der Waals surface area contributed by atoms with E-state index in [0.717, 1.165) is 23.7 Å². The standard InChI is InChI=1S/C13H24/c1-10-8-9-12-6-4-3-5-7-13(12)11(10)2/h10-13H,3-9H2,1-2H3. The Balaban J connectivity index is 2.04. The number of hydrogen-bond donors (Lipinski definition) is 0. The highest BCUT2D eigenvalue weighted by Crippen LogP contribution is 2.44. The first-order chi connectivity index (χ1) is 6.29. The first-order valence-corrected chi connectivity index (χ1v) is 6.29. The van der Waals surface area contributed by atoms with Crippen molar-refractivity contribution in [1.29, 1.82) is 0 Å². The van der Waals surface area contributed by atoms with Crippen LogP contribution in [-0.2, 0) is 0 Å². The van der Waals surface area contributed by atoms with Crippen LogP contribution in [0.1, 0.15) is 58.8 Å². The van der Waals surface area contributed by atoms with Gasteiger partial charge in [-0.1, -0.05) is 46.0 Å². The average Bonchev–Trinajstić information content (AvgIpc) is 2.36. The van der Waals surface area contributed by atoms with Crippen molar-refractivity contribution in [3.63, 3.8) is 0 Å². The minimum atomic E-state index is 0.999. The van der Waals surface area contributed by atoms with Crippen molar-refractivity contribution >= 4 is 0 Å². The average molecular weight is 180 g/mol. The maximum atomic E-state index is 2.51. The molecule has 0 spiro atoms. The Labute approximate surface area is 83.1 Å². The van der Waals surface area contributed by atoms with Crippen LogP contribution in [0.25, 0.3) is 0 Å². The summed E-state index contributed by atoms with van der Waals surface area (Å²) in [4.78, 5) is 0. The lowest BCUT2D eigenvalue weighted by atomic mass is 9.66. The molecule has 2 fully saturated rings. The molecule has 4 unspecified atom stereocenters. The summed E-state index contributed by atoms with van der Waals surface area (Å²) in [5.74, 6) is 4.20. The molecule has 0 N–H and O–H groups in total. The Morgan fingerprint density at radius 2 is 1.54 bits per heavy atom. The first kappa shape index (κ1) is 9.55. The summed E-state index contributed by atoms with van der Waals surface area (Å²) in [5, 5.41) is 0. The summed E-state index contributed by atoms with van der Waals surface area (Å²) < 4.78 is 0. The molecule has 2 aliphatic carbocycles. The van der Waals surface area contributed by atoms with Crippen LogP contribution in [0, 0.1) is 23.7 Å². The van der Waals surface area contributed by atoms with Crippen LogP contribution in [-0.4, -0.2) is 0 Å². The Kier molecular flexibility index (Phi) is 2.96. The number of hydrogen-bond acceptors (Lipinski definition) is 0. The molecule has 0 heterocycles. The lowest BCUT2D eigenvalue weighted by molar-refractivity contribution is 0.105. The van der Waals surface area contributed by atoms with Gasteiger partial charge in [0.1, 0.15) is 0 Å². The van der Waals surface area contributed by atoms with Crippen molar-refractivity contribution in [2.45, 2.75) is 58.8 Å². The summed E-state index contributed by atoms with van der Waals surface area (Å²) in [6.07, 6.45) is 10.7. The van der Waals surface area contributed by atoms with Crippen LogP contribution < -0.4 is 0 Å². The van der Waals surface area contributed by atoms with Gasteiger partial charge >= 0.3 is 0 Å². The zero-order valence-electron chi connectivity index (χ0n) is 9.26. The normalized spacial score (nSPS) is 46.6. The lowest BCUT2D eigenvalue weighted by Gasteiger charge is -2.39. The molecule has 4 atom stereocenters. The van der Waals surface area contributed by atoms with Crippen LogP contribution in [0.2, 0.25) is 0 Å². The van der Waals surface area contributed by atoms with Gasteiger partial charge < -0.3 is 0 Å². The van der Waals surface area contributed by atoms with Crippen molar-refractivity contribution in [3.05, 3.63) is 0 Å². The second kappa shape index (κ2) is 4.02. The van der Waals surface area contributed by atoms with Crippen molar-refractivity contribution in [2.24, 2.45) is 23.7 Å². The van der Waals surface area contributed by atoms with Crippen molar-refractivity contribution in [1.82, 2.24) is 0 Å². The molecule has 0 nitrogen and oxygen atoms in total. The molecule has 0 saturated heterocycles. The fourth-order valence-corrected chi connectivity index (χ4v) is 3.63. The molecule has 0 aromatic carbocycles. The molecule has 0 radical (unpaired) electrons. The molecule has 0 heteroatoms. The van der Waals surface area contributed by atoms with Gasteiger partial charge in [0, 0.05) is 0 Å². The Bertz CT molecular complexity index is 161. The molecule has 2 saturated carbocycles. The van der Waals surface area contributed by atoms with Crippen molar-refractivity contribution in [2.75, 3.05) is 0 Å². The maximum Gasteiger partial charge on any atom is -0.0358 e. The van der Waals surface area contributed by atoms with E-state index < -0.39 is 0 Å². The quantitative estimate of drug-likeness (QED) is 0.523. The largest absolute Gasteiger partial charge is 0.0622 e. The van der Waals surface area contributed by atoms with E-state index >= 15 is 0 Å². The molecule has 0 amide bonds. The summed E-state index contributed by atoms with van der Waals surface area (Å²) in [6, 6.07) is 0. The maximum absolute atomic E-state index is 2.51. The van der Waals surface area contributed by atoms with Gasteiger partial charge in [-0.2, -0.15) is 0 Å². The molecule has 0 aliphatic heterocycles. The first-order valence-electron chi connectivity index (χ1n) is 6.29. The molecule has 0 aromatic heterocycles. The van der Waals surface area contributed by atoms with Gasteiger partial charge in [-0.05, 0) is 36.5 Å². The second-order valence-corrected chi connectivity index (χ2v) is 5.48. The molecule has 2 rings (SSSR count). The monoisotopic (exact) mass is 180 g/mol. The number of rotatable bonds is 0. The fourth-order valence-electron chi connectivity index (χ4n) is 3.63. The molecule has 13 heavy (non-hydrogen) atoms. The van der Waals surface area contributed by atoms with E-state index in [1.807, 2.05) is 0 Å². The van der Waals surface area contributed by atoms with Crippen LogP contribution >= 0.6 is 0 Å². The Morgan fingerprint density at radius 1 is 0.769 bits per heavy atom. The third-order valence-corrected chi connectivity index (χ3v) is 4.78. The Hall–Kier alpha value is 0. The van der Waals surface area contributed by atoms with E-state index in [0.29, 0.717) is 0 Å². The molecular formula is C13H24. The molecule has 0 aromatic rings. The van der Waals surface area contributed by atoms with Gasteiger partial charge in [0.25, 0.3) is 0 Å². The molecular weight excluding hydrogens is 156 g/mol. The smallest absolute Gasteiger partial charge is 0.0358 e. The second-order valence-electron chi connectivity index (χ2n) is 5.48. The van der Waals surface area contributed by atoms with E-state index in [4.69, 9.17) is 0 Å². The van der Waals surface area contributed by atoms with E-state index in [1.165, 1.54) is 38.5 Å². The zero-order valence-corrected chi connectivity index (χ0v) is 9.26. The predicted octanol–water partition coefficient (Wildman–Crippen LogP) is 4.25. The van der Waals surface area contributed by atoms with E-state index in [-0.39, 0.29) is 0 Å². The zero-order chi connectivity index (χ0) is 9.26. The van der Waals surface area contributed by atoms with Crippen molar-refractivity contribution < 1.29 is 0 Å². The minimum Gasteiger partial charge on any atom is -0.0622 e. The fraction of sp³-hybridized carbons (Fsp3) is 1.00. The van der Waals surface area contributed by atoms with Crippen LogP contribution in [0.3, 0.4) is 0 Å². The minimum absolute atomic E-state index is 0.999. The predicted molar refractivity (Wildman–Crippen MR) is 57.6 cm³/mol. The van der Waals surface area contributed by atoms with Gasteiger partial charge in [-0.15, -0.1) is 0 Å². The summed E-state index contributed by atoms with van der Waals surface area (Å²) in [5.41, 5.74) is 0. The lowest BCUT2D eigenvalue weighted by Crippen LogP contribution is -2.31. The topological polar surface area (TPSA) is 0 Å². The van der Waals surface area contributed by atoms with Gasteiger partial charge in [0.15, 0.2) is 0 Å². The molecule has 2 aliphatic rings. The molecule has 0 bridgehead atoms. The third-order valence-electron chi connectivity index (χ3n) is 4.78. The van der Waals surface area contributed by atoms with Gasteiger partial charge in [0.2, 0.25) is 0 Å². The van der Waals surface area contributed by atoms with E-state index in [1.54, 1.807) is 6.42 Å². The van der Waals surface area contributed by atoms with Gasteiger partial charge in [0.05, 0.1) is 0 Å².